The van der Waals surface area contributed by atoms with Crippen LogP contribution in [0.1, 0.15) is 59.5 Å². The fraction of sp³-hybridized carbons (Fsp3) is 0.529. The molecule has 0 radical (unpaired) electrons. The molecule has 116 valence electrons. The molecule has 2 heterocycles. The van der Waals surface area contributed by atoms with Gasteiger partial charge in [-0.1, -0.05) is 12.8 Å². The number of nitrogens with zero attached hydrogens (tertiary/aromatic N) is 1. The van der Waals surface area contributed by atoms with Crippen molar-refractivity contribution in [3.8, 4) is 0 Å². The molecular weight excluding hydrogens is 294 g/mol. The minimum absolute atomic E-state index is 0.0228. The van der Waals surface area contributed by atoms with Crippen molar-refractivity contribution in [1.82, 2.24) is 10.3 Å². The molecule has 2 aromatic heterocycles. The summed E-state index contributed by atoms with van der Waals surface area (Å²) in [5, 5.41) is 4.09. The monoisotopic (exact) mass is 315 g/mol. The highest BCUT2D eigenvalue weighted by atomic mass is 32.1. The Bertz CT molecular complexity index is 731. The summed E-state index contributed by atoms with van der Waals surface area (Å²) in [6, 6.07) is 2.48. The fourth-order valence-electron chi connectivity index (χ4n) is 3.65. The van der Waals surface area contributed by atoms with Crippen molar-refractivity contribution in [3.63, 3.8) is 0 Å². The molecule has 1 saturated carbocycles. The lowest BCUT2D eigenvalue weighted by Gasteiger charge is -2.14. The number of nitrogen functional groups attached to an aromatic ring is 1. The van der Waals surface area contributed by atoms with Gasteiger partial charge in [-0.25, -0.2) is 4.98 Å². The van der Waals surface area contributed by atoms with E-state index in [4.69, 9.17) is 10.7 Å². The zero-order valence-electron chi connectivity index (χ0n) is 12.7. The first-order valence-electron chi connectivity index (χ1n) is 8.24. The Morgan fingerprint density at radius 3 is 2.82 bits per heavy atom. The maximum Gasteiger partial charge on any atom is 0.263 e. The largest absolute Gasteiger partial charge is 0.397 e. The Morgan fingerprint density at radius 1 is 1.23 bits per heavy atom. The minimum Gasteiger partial charge on any atom is -0.397 e. The highest BCUT2D eigenvalue weighted by Crippen LogP contribution is 2.35. The van der Waals surface area contributed by atoms with Gasteiger partial charge in [0, 0.05) is 17.1 Å². The van der Waals surface area contributed by atoms with Gasteiger partial charge >= 0.3 is 0 Å². The standard InChI is InChI=1S/C17H21N3OS/c18-14-12-9-10-5-1-4-8-13(10)20-17(12)22-15(14)16(21)19-11-6-2-3-7-11/h9,11H,1-8,18H2,(H,19,21). The van der Waals surface area contributed by atoms with Crippen LogP contribution >= 0.6 is 11.3 Å². The smallest absolute Gasteiger partial charge is 0.263 e. The Labute approximate surface area is 134 Å². The van der Waals surface area contributed by atoms with E-state index in [2.05, 4.69) is 11.4 Å². The number of anilines is 1. The van der Waals surface area contributed by atoms with Gasteiger partial charge in [0.05, 0.1) is 5.69 Å². The number of fused-ring (bicyclic) bond motifs is 2. The molecule has 22 heavy (non-hydrogen) atoms. The van der Waals surface area contributed by atoms with Crippen molar-refractivity contribution in [3.05, 3.63) is 22.2 Å². The van der Waals surface area contributed by atoms with E-state index in [0.29, 0.717) is 16.6 Å². The van der Waals surface area contributed by atoms with Crippen molar-refractivity contribution >= 4 is 33.1 Å². The summed E-state index contributed by atoms with van der Waals surface area (Å²) in [6.07, 6.45) is 9.15. The van der Waals surface area contributed by atoms with Crippen molar-refractivity contribution in [2.45, 2.75) is 57.4 Å². The van der Waals surface area contributed by atoms with Crippen LogP contribution in [0, 0.1) is 0 Å². The second kappa shape index (κ2) is 5.54. The molecule has 1 fully saturated rings. The molecule has 1 amide bonds. The molecule has 2 aliphatic rings. The number of nitrogens with two attached hydrogens (primary N) is 1. The van der Waals surface area contributed by atoms with Gasteiger partial charge in [-0.3, -0.25) is 4.79 Å². The van der Waals surface area contributed by atoms with Gasteiger partial charge < -0.3 is 11.1 Å². The first-order chi connectivity index (χ1) is 10.7. The molecule has 0 saturated heterocycles. The number of pyridine rings is 1. The number of carbonyl (C=O) groups excluding carboxylic acids is 1. The second-order valence-electron chi connectivity index (χ2n) is 6.45. The first-order valence-corrected chi connectivity index (χ1v) is 9.05. The summed E-state index contributed by atoms with van der Waals surface area (Å²) in [4.78, 5) is 18.8. The molecule has 0 bridgehead atoms. The van der Waals surface area contributed by atoms with Crippen molar-refractivity contribution in [2.75, 3.05) is 5.73 Å². The molecule has 4 rings (SSSR count). The SMILES string of the molecule is Nc1c(C(=O)NC2CCCC2)sc2nc3c(cc12)CCCC3. The minimum atomic E-state index is -0.0228. The number of hydrogen-bond donors (Lipinski definition) is 2. The maximum absolute atomic E-state index is 12.5. The molecular formula is C17H21N3OS. The van der Waals surface area contributed by atoms with E-state index in [-0.39, 0.29) is 5.91 Å². The second-order valence-corrected chi connectivity index (χ2v) is 7.45. The van der Waals surface area contributed by atoms with Crippen LogP contribution in [-0.2, 0) is 12.8 Å². The van der Waals surface area contributed by atoms with E-state index in [1.54, 1.807) is 0 Å². The van der Waals surface area contributed by atoms with Crippen LogP contribution in [0.2, 0.25) is 0 Å². The molecule has 0 aromatic carbocycles. The Morgan fingerprint density at radius 2 is 2.00 bits per heavy atom. The summed E-state index contributed by atoms with van der Waals surface area (Å²) >= 11 is 1.44. The number of aromatic nitrogens is 1. The van der Waals surface area contributed by atoms with Crippen molar-refractivity contribution < 1.29 is 4.79 Å². The average Bonchev–Trinajstić information content (AvgIpc) is 3.14. The van der Waals surface area contributed by atoms with Gasteiger partial charge in [-0.2, -0.15) is 0 Å². The predicted molar refractivity (Wildman–Crippen MR) is 90.4 cm³/mol. The summed E-state index contributed by atoms with van der Waals surface area (Å²) in [7, 11) is 0. The van der Waals surface area contributed by atoms with E-state index < -0.39 is 0 Å². The van der Waals surface area contributed by atoms with Crippen LogP contribution in [0.4, 0.5) is 5.69 Å². The summed E-state index contributed by atoms with van der Waals surface area (Å²) in [5.41, 5.74) is 9.37. The average molecular weight is 315 g/mol. The molecule has 2 aromatic rings. The summed E-state index contributed by atoms with van der Waals surface area (Å²) < 4.78 is 0. The maximum atomic E-state index is 12.5. The van der Waals surface area contributed by atoms with Crippen LogP contribution in [-0.4, -0.2) is 16.9 Å². The van der Waals surface area contributed by atoms with Gasteiger partial charge in [0.15, 0.2) is 0 Å². The van der Waals surface area contributed by atoms with E-state index in [1.807, 2.05) is 0 Å². The van der Waals surface area contributed by atoms with Crippen LogP contribution in [0.15, 0.2) is 6.07 Å². The lowest BCUT2D eigenvalue weighted by Crippen LogP contribution is -2.32. The quantitative estimate of drug-likeness (QED) is 0.892. The Hall–Kier alpha value is -1.62. The van der Waals surface area contributed by atoms with E-state index in [1.165, 1.54) is 48.3 Å². The predicted octanol–water partition coefficient (Wildman–Crippen LogP) is 3.43. The van der Waals surface area contributed by atoms with Gasteiger partial charge in [0.2, 0.25) is 0 Å². The van der Waals surface area contributed by atoms with Crippen molar-refractivity contribution in [1.29, 1.82) is 0 Å². The third kappa shape index (κ3) is 2.37. The van der Waals surface area contributed by atoms with E-state index >= 15 is 0 Å². The van der Waals surface area contributed by atoms with Crippen molar-refractivity contribution in [2.24, 2.45) is 0 Å². The number of carbonyl (C=O) groups is 1. The molecule has 4 nitrogen and oxygen atoms in total. The summed E-state index contributed by atoms with van der Waals surface area (Å²) in [6.45, 7) is 0. The van der Waals surface area contributed by atoms with Crippen LogP contribution in [0.3, 0.4) is 0 Å². The van der Waals surface area contributed by atoms with E-state index in [9.17, 15) is 4.79 Å². The zero-order chi connectivity index (χ0) is 15.1. The molecule has 3 N–H and O–H groups in total. The van der Waals surface area contributed by atoms with Gasteiger partial charge in [-0.05, 0) is 50.2 Å². The Balaban J connectivity index is 1.68. The zero-order valence-corrected chi connectivity index (χ0v) is 13.5. The third-order valence-corrected chi connectivity index (χ3v) is 6.01. The highest BCUT2D eigenvalue weighted by molar-refractivity contribution is 7.21. The van der Waals surface area contributed by atoms with E-state index in [0.717, 1.165) is 35.9 Å². The number of rotatable bonds is 2. The topological polar surface area (TPSA) is 68.0 Å². The van der Waals surface area contributed by atoms with Gasteiger partial charge in [0.1, 0.15) is 9.71 Å². The van der Waals surface area contributed by atoms with Gasteiger partial charge in [0.25, 0.3) is 5.91 Å². The number of nitrogens with one attached hydrogen (secondary N) is 1. The number of hydrogen-bond acceptors (Lipinski definition) is 4. The molecule has 0 unspecified atom stereocenters. The molecule has 0 spiro atoms. The highest BCUT2D eigenvalue weighted by Gasteiger charge is 2.23. The first kappa shape index (κ1) is 14.0. The molecule has 0 aliphatic heterocycles. The lowest BCUT2D eigenvalue weighted by molar-refractivity contribution is 0.0943. The molecule has 5 heteroatoms. The van der Waals surface area contributed by atoms with Gasteiger partial charge in [-0.15, -0.1) is 11.3 Å². The van der Waals surface area contributed by atoms with Crippen LogP contribution in [0.25, 0.3) is 10.2 Å². The lowest BCUT2D eigenvalue weighted by atomic mass is 9.95. The normalized spacial score (nSPS) is 18.5. The number of thiophene rings is 1. The number of aryl methyl sites for hydroxylation is 2. The third-order valence-electron chi connectivity index (χ3n) is 4.90. The van der Waals surface area contributed by atoms with Crippen LogP contribution < -0.4 is 11.1 Å². The molecule has 2 aliphatic carbocycles. The van der Waals surface area contributed by atoms with Crippen LogP contribution in [0.5, 0.6) is 0 Å². The molecule has 0 atom stereocenters. The Kier molecular flexibility index (Phi) is 3.53. The fourth-order valence-corrected chi connectivity index (χ4v) is 4.65. The summed E-state index contributed by atoms with van der Waals surface area (Å²) in [5.74, 6) is -0.0228. The number of amides is 1.